The first-order valence-electron chi connectivity index (χ1n) is 8.72. The van der Waals surface area contributed by atoms with Crippen LogP contribution in [0.15, 0.2) is 72.2 Å². The zero-order chi connectivity index (χ0) is 20.4. The number of rotatable bonds is 4. The number of hydrogen-bond acceptors (Lipinski definition) is 4. The molecule has 0 amide bonds. The van der Waals surface area contributed by atoms with E-state index in [4.69, 9.17) is 4.74 Å². The summed E-state index contributed by atoms with van der Waals surface area (Å²) < 4.78 is 43.3. The average molecular weight is 412 g/mol. The molecule has 0 N–H and O–H groups in total. The maximum absolute atomic E-state index is 12.6. The number of hydrogen-bond donors (Lipinski definition) is 0. The third-order valence-electron chi connectivity index (χ3n) is 4.24. The number of aromatic nitrogens is 2. The molecule has 2 heterocycles. The van der Waals surface area contributed by atoms with E-state index in [0.717, 1.165) is 34.1 Å². The molecule has 0 fully saturated rings. The highest BCUT2D eigenvalue weighted by atomic mass is 32.1. The summed E-state index contributed by atoms with van der Waals surface area (Å²) in [6.07, 6.45) is -3.66. The molecule has 29 heavy (non-hydrogen) atoms. The fraction of sp³-hybridized carbons (Fsp3) is 0.0909. The number of aryl methyl sites for hydroxylation is 1. The Balaban J connectivity index is 1.47. The first-order chi connectivity index (χ1) is 13.9. The van der Waals surface area contributed by atoms with Gasteiger partial charge in [0.25, 0.3) is 0 Å². The van der Waals surface area contributed by atoms with E-state index in [1.54, 1.807) is 23.5 Å². The van der Waals surface area contributed by atoms with Crippen molar-refractivity contribution in [2.75, 3.05) is 0 Å². The Bertz CT molecular complexity index is 1100. The molecule has 0 aliphatic heterocycles. The normalized spacial score (nSPS) is 11.4. The van der Waals surface area contributed by atoms with Gasteiger partial charge in [0, 0.05) is 28.8 Å². The van der Waals surface area contributed by atoms with Gasteiger partial charge in [0.05, 0.1) is 11.3 Å². The standard InChI is InChI=1S/C22H15F3N2OS/c1-14-2-4-15(5-3-14)19-13-29-21(27-19)16-6-9-18(10-7-16)28-20-11-8-17(12-26-20)22(23,24)25/h2-13H,1H3. The van der Waals surface area contributed by atoms with Crippen molar-refractivity contribution in [3.05, 3.63) is 83.4 Å². The van der Waals surface area contributed by atoms with Crippen molar-refractivity contribution in [1.29, 1.82) is 0 Å². The zero-order valence-electron chi connectivity index (χ0n) is 15.3. The average Bonchev–Trinajstić information content (AvgIpc) is 3.19. The van der Waals surface area contributed by atoms with Gasteiger partial charge < -0.3 is 4.74 Å². The Hall–Kier alpha value is -3.19. The molecule has 0 saturated carbocycles. The number of nitrogens with zero attached hydrogens (tertiary/aromatic N) is 2. The third-order valence-corrected chi connectivity index (χ3v) is 5.13. The molecule has 0 saturated heterocycles. The monoisotopic (exact) mass is 412 g/mol. The summed E-state index contributed by atoms with van der Waals surface area (Å²) in [4.78, 5) is 8.40. The predicted octanol–water partition coefficient (Wildman–Crippen LogP) is 6.99. The van der Waals surface area contributed by atoms with Gasteiger partial charge in [0.1, 0.15) is 10.8 Å². The smallest absolute Gasteiger partial charge is 0.417 e. The van der Waals surface area contributed by atoms with Gasteiger partial charge in [-0.15, -0.1) is 11.3 Å². The minimum atomic E-state index is -4.42. The van der Waals surface area contributed by atoms with Crippen LogP contribution in [0.5, 0.6) is 11.6 Å². The molecule has 0 radical (unpaired) electrons. The van der Waals surface area contributed by atoms with Gasteiger partial charge in [-0.1, -0.05) is 29.8 Å². The van der Waals surface area contributed by atoms with Crippen LogP contribution in [0.2, 0.25) is 0 Å². The van der Waals surface area contributed by atoms with E-state index >= 15 is 0 Å². The maximum Gasteiger partial charge on any atom is 0.417 e. The fourth-order valence-corrected chi connectivity index (χ4v) is 3.49. The van der Waals surface area contributed by atoms with Gasteiger partial charge in [-0.05, 0) is 37.3 Å². The summed E-state index contributed by atoms with van der Waals surface area (Å²) >= 11 is 1.54. The molecule has 4 rings (SSSR count). The molecule has 0 bridgehead atoms. The lowest BCUT2D eigenvalue weighted by Gasteiger charge is -2.08. The van der Waals surface area contributed by atoms with Gasteiger partial charge in [0.2, 0.25) is 5.88 Å². The van der Waals surface area contributed by atoms with E-state index in [-0.39, 0.29) is 5.88 Å². The van der Waals surface area contributed by atoms with Gasteiger partial charge in [-0.3, -0.25) is 0 Å². The lowest BCUT2D eigenvalue weighted by atomic mass is 10.1. The fourth-order valence-electron chi connectivity index (χ4n) is 2.66. The lowest BCUT2D eigenvalue weighted by Crippen LogP contribution is -2.05. The molecule has 0 aliphatic rings. The molecule has 2 aromatic heterocycles. The van der Waals surface area contributed by atoms with Gasteiger partial charge in [-0.2, -0.15) is 13.2 Å². The molecule has 2 aromatic carbocycles. The highest BCUT2D eigenvalue weighted by Crippen LogP contribution is 2.32. The molecule has 146 valence electrons. The number of halogens is 3. The SMILES string of the molecule is Cc1ccc(-c2csc(-c3ccc(Oc4ccc(C(F)(F)F)cn4)cc3)n2)cc1. The van der Waals surface area contributed by atoms with Crippen molar-refractivity contribution in [3.8, 4) is 33.5 Å². The van der Waals surface area contributed by atoms with Crippen LogP contribution in [-0.2, 0) is 6.18 Å². The van der Waals surface area contributed by atoms with E-state index in [2.05, 4.69) is 22.1 Å². The number of ether oxygens (including phenoxy) is 1. The molecule has 3 nitrogen and oxygen atoms in total. The molecular weight excluding hydrogens is 397 g/mol. The second-order valence-electron chi connectivity index (χ2n) is 6.41. The Kier molecular flexibility index (Phi) is 5.07. The maximum atomic E-state index is 12.6. The largest absolute Gasteiger partial charge is 0.439 e. The van der Waals surface area contributed by atoms with Crippen molar-refractivity contribution < 1.29 is 17.9 Å². The van der Waals surface area contributed by atoms with Crippen molar-refractivity contribution in [3.63, 3.8) is 0 Å². The Morgan fingerprint density at radius 3 is 2.17 bits per heavy atom. The van der Waals surface area contributed by atoms with Gasteiger partial charge >= 0.3 is 6.18 Å². The third kappa shape index (κ3) is 4.46. The van der Waals surface area contributed by atoms with Crippen molar-refractivity contribution >= 4 is 11.3 Å². The van der Waals surface area contributed by atoms with Crippen LogP contribution in [-0.4, -0.2) is 9.97 Å². The highest BCUT2D eigenvalue weighted by molar-refractivity contribution is 7.13. The van der Waals surface area contributed by atoms with Crippen LogP contribution in [0.4, 0.5) is 13.2 Å². The first-order valence-corrected chi connectivity index (χ1v) is 9.60. The van der Waals surface area contributed by atoms with Crippen molar-refractivity contribution in [2.24, 2.45) is 0 Å². The summed E-state index contributed by atoms with van der Waals surface area (Å²) in [5.74, 6) is 0.581. The number of thiazole rings is 1. The Morgan fingerprint density at radius 1 is 0.862 bits per heavy atom. The van der Waals surface area contributed by atoms with Crippen LogP contribution < -0.4 is 4.74 Å². The van der Waals surface area contributed by atoms with Gasteiger partial charge in [0.15, 0.2) is 0 Å². The Labute approximate surface area is 169 Å². The topological polar surface area (TPSA) is 35.0 Å². The minimum absolute atomic E-state index is 0.0988. The second-order valence-corrected chi connectivity index (χ2v) is 7.27. The van der Waals surface area contributed by atoms with E-state index in [1.165, 1.54) is 11.6 Å². The number of alkyl halides is 3. The summed E-state index contributed by atoms with van der Waals surface area (Å²) in [6.45, 7) is 2.04. The summed E-state index contributed by atoms with van der Waals surface area (Å²) in [5, 5.41) is 2.89. The van der Waals surface area contributed by atoms with Gasteiger partial charge in [-0.25, -0.2) is 9.97 Å². The van der Waals surface area contributed by atoms with Crippen molar-refractivity contribution in [1.82, 2.24) is 9.97 Å². The zero-order valence-corrected chi connectivity index (χ0v) is 16.1. The van der Waals surface area contributed by atoms with Crippen LogP contribution >= 0.6 is 11.3 Å². The number of pyridine rings is 1. The lowest BCUT2D eigenvalue weighted by molar-refractivity contribution is -0.137. The van der Waals surface area contributed by atoms with Crippen LogP contribution in [0, 0.1) is 6.92 Å². The summed E-state index contributed by atoms with van der Waals surface area (Å²) in [5.41, 5.74) is 3.29. The molecule has 0 aliphatic carbocycles. The summed E-state index contributed by atoms with van der Waals surface area (Å²) in [7, 11) is 0. The number of benzene rings is 2. The predicted molar refractivity (Wildman–Crippen MR) is 107 cm³/mol. The van der Waals surface area contributed by atoms with E-state index in [1.807, 2.05) is 36.6 Å². The molecular formula is C22H15F3N2OS. The molecule has 0 atom stereocenters. The van der Waals surface area contributed by atoms with E-state index in [0.29, 0.717) is 5.75 Å². The first kappa shape index (κ1) is 19.1. The summed E-state index contributed by atoms with van der Waals surface area (Å²) in [6, 6.07) is 17.5. The molecule has 7 heteroatoms. The van der Waals surface area contributed by atoms with Crippen LogP contribution in [0.1, 0.15) is 11.1 Å². The molecule has 0 spiro atoms. The van der Waals surface area contributed by atoms with Crippen LogP contribution in [0.3, 0.4) is 0 Å². The van der Waals surface area contributed by atoms with Crippen molar-refractivity contribution in [2.45, 2.75) is 13.1 Å². The molecule has 4 aromatic rings. The van der Waals surface area contributed by atoms with E-state index < -0.39 is 11.7 Å². The van der Waals surface area contributed by atoms with Crippen LogP contribution in [0.25, 0.3) is 21.8 Å². The van der Waals surface area contributed by atoms with E-state index in [9.17, 15) is 13.2 Å². The molecule has 0 unspecified atom stereocenters. The quantitative estimate of drug-likeness (QED) is 0.362. The Morgan fingerprint density at radius 2 is 1.55 bits per heavy atom. The second kappa shape index (κ2) is 7.67. The minimum Gasteiger partial charge on any atom is -0.439 e. The highest BCUT2D eigenvalue weighted by Gasteiger charge is 2.30.